The molecule has 1 aromatic carbocycles. The zero-order valence-electron chi connectivity index (χ0n) is 12.1. The van der Waals surface area contributed by atoms with Gasteiger partial charge in [0, 0.05) is 32.0 Å². The van der Waals surface area contributed by atoms with Crippen molar-refractivity contribution in [1.29, 1.82) is 0 Å². The third-order valence-electron chi connectivity index (χ3n) is 3.14. The molecule has 2 aromatic rings. The zero-order valence-corrected chi connectivity index (χ0v) is 12.1. The summed E-state index contributed by atoms with van der Waals surface area (Å²) in [6.45, 7) is 7.85. The van der Waals surface area contributed by atoms with Crippen molar-refractivity contribution in [3.8, 4) is 0 Å². The Bertz CT molecular complexity index is 560. The molecule has 0 aliphatic carbocycles. The van der Waals surface area contributed by atoms with Crippen LogP contribution in [0.25, 0.3) is 11.1 Å². The lowest BCUT2D eigenvalue weighted by molar-refractivity contribution is 0.112. The third-order valence-corrected chi connectivity index (χ3v) is 3.14. The first-order valence-corrected chi connectivity index (χ1v) is 6.55. The van der Waals surface area contributed by atoms with Gasteiger partial charge in [-0.25, -0.2) is 4.98 Å². The van der Waals surface area contributed by atoms with Gasteiger partial charge in [0.15, 0.2) is 11.5 Å². The van der Waals surface area contributed by atoms with Gasteiger partial charge in [-0.2, -0.15) is 0 Å². The van der Waals surface area contributed by atoms with Crippen LogP contribution in [0.15, 0.2) is 22.6 Å². The smallest absolute Gasteiger partial charge is 0.192 e. The summed E-state index contributed by atoms with van der Waals surface area (Å²) in [6.07, 6.45) is 0. The highest BCUT2D eigenvalue weighted by molar-refractivity contribution is 5.73. The lowest BCUT2D eigenvalue weighted by Crippen LogP contribution is -2.33. The lowest BCUT2D eigenvalue weighted by atomic mass is 9.94. The van der Waals surface area contributed by atoms with Crippen LogP contribution in [-0.4, -0.2) is 35.2 Å². The van der Waals surface area contributed by atoms with Crippen LogP contribution in [0.4, 0.5) is 0 Å². The van der Waals surface area contributed by atoms with Gasteiger partial charge >= 0.3 is 0 Å². The topological polar surface area (TPSA) is 49.5 Å². The highest BCUT2D eigenvalue weighted by atomic mass is 16.3. The molecule has 19 heavy (non-hydrogen) atoms. The van der Waals surface area contributed by atoms with Crippen molar-refractivity contribution in [3.05, 3.63) is 29.7 Å². The normalized spacial score (nSPS) is 12.5. The average Bonchev–Trinajstić information content (AvgIpc) is 2.67. The number of nitrogens with zero attached hydrogens (tertiary/aromatic N) is 2. The second-order valence-electron chi connectivity index (χ2n) is 6.03. The van der Waals surface area contributed by atoms with Crippen molar-refractivity contribution in [3.63, 3.8) is 0 Å². The van der Waals surface area contributed by atoms with E-state index in [-0.39, 0.29) is 12.0 Å². The Morgan fingerprint density at radius 3 is 2.79 bits per heavy atom. The quantitative estimate of drug-likeness (QED) is 0.899. The van der Waals surface area contributed by atoms with Crippen LogP contribution in [0.2, 0.25) is 0 Å². The molecule has 4 nitrogen and oxygen atoms in total. The standard InChI is InChI=1S/C15H22N2O2/c1-11-16-13-6-5-12(7-14(13)19-11)8-17(4)9-15(2,3)10-18/h5-7,18H,8-10H2,1-4H3. The zero-order chi connectivity index (χ0) is 14.0. The lowest BCUT2D eigenvalue weighted by Gasteiger charge is -2.28. The van der Waals surface area contributed by atoms with Crippen molar-refractivity contribution in [1.82, 2.24) is 9.88 Å². The first-order chi connectivity index (χ1) is 8.89. The molecule has 0 spiro atoms. The van der Waals surface area contributed by atoms with E-state index in [1.807, 2.05) is 19.1 Å². The SMILES string of the molecule is Cc1nc2ccc(CN(C)CC(C)(C)CO)cc2o1. The Morgan fingerprint density at radius 1 is 1.37 bits per heavy atom. The second kappa shape index (κ2) is 5.31. The van der Waals surface area contributed by atoms with Crippen molar-refractivity contribution < 1.29 is 9.52 Å². The van der Waals surface area contributed by atoms with Gasteiger partial charge in [-0.3, -0.25) is 0 Å². The van der Waals surface area contributed by atoms with Crippen LogP contribution < -0.4 is 0 Å². The molecule has 104 valence electrons. The van der Waals surface area contributed by atoms with E-state index in [4.69, 9.17) is 4.42 Å². The second-order valence-corrected chi connectivity index (χ2v) is 6.03. The number of oxazole rings is 1. The minimum atomic E-state index is -0.0817. The van der Waals surface area contributed by atoms with Crippen LogP contribution in [0.5, 0.6) is 0 Å². The summed E-state index contributed by atoms with van der Waals surface area (Å²) in [5.41, 5.74) is 2.85. The number of hydrogen-bond acceptors (Lipinski definition) is 4. The maximum absolute atomic E-state index is 9.30. The van der Waals surface area contributed by atoms with E-state index in [1.54, 1.807) is 0 Å². The van der Waals surface area contributed by atoms with Crippen molar-refractivity contribution in [2.45, 2.75) is 27.3 Å². The molecule has 0 saturated heterocycles. The Kier molecular flexibility index (Phi) is 3.92. The predicted molar refractivity (Wildman–Crippen MR) is 75.9 cm³/mol. The molecule has 0 radical (unpaired) electrons. The van der Waals surface area contributed by atoms with Gasteiger partial charge in [-0.1, -0.05) is 19.9 Å². The molecular weight excluding hydrogens is 240 g/mol. The van der Waals surface area contributed by atoms with Crippen molar-refractivity contribution in [2.75, 3.05) is 20.2 Å². The Balaban J connectivity index is 2.08. The van der Waals surface area contributed by atoms with Crippen LogP contribution in [0, 0.1) is 12.3 Å². The molecule has 0 fully saturated rings. The molecule has 0 amide bonds. The average molecular weight is 262 g/mol. The Morgan fingerprint density at radius 2 is 2.11 bits per heavy atom. The van der Waals surface area contributed by atoms with Crippen LogP contribution in [0.1, 0.15) is 25.3 Å². The Labute approximate surface area is 114 Å². The molecule has 0 aliphatic heterocycles. The molecule has 0 bridgehead atoms. The maximum atomic E-state index is 9.30. The van der Waals surface area contributed by atoms with Crippen LogP contribution in [-0.2, 0) is 6.54 Å². The minimum Gasteiger partial charge on any atom is -0.441 e. The monoisotopic (exact) mass is 262 g/mol. The van der Waals surface area contributed by atoms with E-state index in [0.717, 1.165) is 24.2 Å². The molecule has 0 unspecified atom stereocenters. The third kappa shape index (κ3) is 3.55. The summed E-state index contributed by atoms with van der Waals surface area (Å²) in [5, 5.41) is 9.30. The summed E-state index contributed by atoms with van der Waals surface area (Å²) in [6, 6.07) is 6.11. The van der Waals surface area contributed by atoms with Gasteiger partial charge in [-0.05, 0) is 24.7 Å². The number of benzene rings is 1. The van der Waals surface area contributed by atoms with Gasteiger partial charge in [0.1, 0.15) is 5.52 Å². The molecule has 0 atom stereocenters. The number of aliphatic hydroxyl groups is 1. The fraction of sp³-hybridized carbons (Fsp3) is 0.533. The number of aromatic nitrogens is 1. The summed E-state index contributed by atoms with van der Waals surface area (Å²) in [4.78, 5) is 6.50. The summed E-state index contributed by atoms with van der Waals surface area (Å²) < 4.78 is 5.54. The fourth-order valence-electron chi connectivity index (χ4n) is 2.33. The maximum Gasteiger partial charge on any atom is 0.192 e. The molecule has 2 rings (SSSR count). The van der Waals surface area contributed by atoms with E-state index in [0.29, 0.717) is 5.89 Å². The number of fused-ring (bicyclic) bond motifs is 1. The highest BCUT2D eigenvalue weighted by Crippen LogP contribution is 2.20. The fourth-order valence-corrected chi connectivity index (χ4v) is 2.33. The van der Waals surface area contributed by atoms with Crippen LogP contribution in [0.3, 0.4) is 0 Å². The molecule has 0 aliphatic rings. The first-order valence-electron chi connectivity index (χ1n) is 6.55. The van der Waals surface area contributed by atoms with Crippen molar-refractivity contribution >= 4 is 11.1 Å². The number of rotatable bonds is 5. The molecule has 0 saturated carbocycles. The van der Waals surface area contributed by atoms with Gasteiger partial charge in [0.25, 0.3) is 0 Å². The van der Waals surface area contributed by atoms with E-state index in [2.05, 4.69) is 36.8 Å². The van der Waals surface area contributed by atoms with E-state index in [9.17, 15) is 5.11 Å². The predicted octanol–water partition coefficient (Wildman–Crippen LogP) is 2.59. The molecular formula is C15H22N2O2. The Hall–Kier alpha value is -1.39. The number of aryl methyl sites for hydroxylation is 1. The first kappa shape index (κ1) is 14.0. The number of hydrogen-bond donors (Lipinski definition) is 1. The largest absolute Gasteiger partial charge is 0.441 e. The van der Waals surface area contributed by atoms with E-state index >= 15 is 0 Å². The van der Waals surface area contributed by atoms with Gasteiger partial charge in [-0.15, -0.1) is 0 Å². The van der Waals surface area contributed by atoms with Crippen molar-refractivity contribution in [2.24, 2.45) is 5.41 Å². The van der Waals surface area contributed by atoms with Gasteiger partial charge in [0.2, 0.25) is 0 Å². The van der Waals surface area contributed by atoms with E-state index < -0.39 is 0 Å². The molecule has 1 aromatic heterocycles. The minimum absolute atomic E-state index is 0.0817. The molecule has 1 heterocycles. The van der Waals surface area contributed by atoms with E-state index in [1.165, 1.54) is 5.56 Å². The summed E-state index contributed by atoms with van der Waals surface area (Å²) in [7, 11) is 2.06. The van der Waals surface area contributed by atoms with Gasteiger partial charge < -0.3 is 14.4 Å². The summed E-state index contributed by atoms with van der Waals surface area (Å²) >= 11 is 0. The molecule has 1 N–H and O–H groups in total. The molecule has 4 heteroatoms. The number of aliphatic hydroxyl groups excluding tert-OH is 1. The highest BCUT2D eigenvalue weighted by Gasteiger charge is 2.19. The van der Waals surface area contributed by atoms with Gasteiger partial charge in [0.05, 0.1) is 0 Å². The van der Waals surface area contributed by atoms with Crippen LogP contribution >= 0.6 is 0 Å². The summed E-state index contributed by atoms with van der Waals surface area (Å²) in [5.74, 6) is 0.696.